The van der Waals surface area contributed by atoms with E-state index in [1.807, 2.05) is 0 Å². The summed E-state index contributed by atoms with van der Waals surface area (Å²) in [6, 6.07) is 0. The molecule has 4 nitrogen and oxygen atoms in total. The van der Waals surface area contributed by atoms with Gasteiger partial charge < -0.3 is 10.4 Å². The minimum atomic E-state index is -0.0589. The number of aliphatic hydroxyl groups excluding tert-OH is 1. The lowest BCUT2D eigenvalue weighted by Gasteiger charge is -2.31. The number of halogens is 1. The summed E-state index contributed by atoms with van der Waals surface area (Å²) in [7, 11) is 0. The van der Waals surface area contributed by atoms with Gasteiger partial charge in [-0.2, -0.15) is 5.10 Å². The molecule has 1 saturated carbocycles. The summed E-state index contributed by atoms with van der Waals surface area (Å²) in [6.07, 6.45) is 2.79. The zero-order valence-electron chi connectivity index (χ0n) is 11.1. The Morgan fingerprint density at radius 2 is 2.17 bits per heavy atom. The highest BCUT2D eigenvalue weighted by Gasteiger charge is 2.26. The van der Waals surface area contributed by atoms with Crippen LogP contribution in [0.25, 0.3) is 0 Å². The second kappa shape index (κ2) is 6.17. The Labute approximate surface area is 117 Å². The molecule has 0 amide bonds. The van der Waals surface area contributed by atoms with Crippen LogP contribution in [0.5, 0.6) is 0 Å². The third-order valence-corrected chi connectivity index (χ3v) is 4.55. The molecule has 1 heterocycles. The van der Waals surface area contributed by atoms with Crippen molar-refractivity contribution in [2.75, 3.05) is 6.54 Å². The maximum absolute atomic E-state index is 9.25. The Hall–Kier alpha value is -0.390. The largest absolute Gasteiger partial charge is 0.393 e. The lowest BCUT2D eigenvalue weighted by atomic mass is 9.82. The van der Waals surface area contributed by atoms with Gasteiger partial charge in [-0.1, -0.05) is 6.92 Å². The van der Waals surface area contributed by atoms with Gasteiger partial charge in [0.25, 0.3) is 0 Å². The number of aromatic nitrogens is 2. The van der Waals surface area contributed by atoms with Gasteiger partial charge in [0.2, 0.25) is 0 Å². The number of aryl methyl sites for hydroxylation is 2. The van der Waals surface area contributed by atoms with E-state index in [4.69, 9.17) is 0 Å². The third kappa shape index (κ3) is 2.95. The van der Waals surface area contributed by atoms with Gasteiger partial charge in [-0.25, -0.2) is 0 Å². The maximum atomic E-state index is 9.25. The summed E-state index contributed by atoms with van der Waals surface area (Å²) in [4.78, 5) is 0. The molecule has 2 N–H and O–H groups in total. The first-order chi connectivity index (χ1) is 8.65. The Morgan fingerprint density at radius 3 is 2.72 bits per heavy atom. The van der Waals surface area contributed by atoms with E-state index in [9.17, 15) is 5.11 Å². The van der Waals surface area contributed by atoms with Gasteiger partial charge in [0.15, 0.2) is 0 Å². The van der Waals surface area contributed by atoms with Gasteiger partial charge in [0, 0.05) is 13.1 Å². The molecule has 0 bridgehead atoms. The minimum absolute atomic E-state index is 0.0589. The molecule has 1 aliphatic carbocycles. The third-order valence-electron chi connectivity index (χ3n) is 3.63. The van der Waals surface area contributed by atoms with Crippen LogP contribution in [0.1, 0.15) is 38.1 Å². The fraction of sp³-hybridized carbons (Fsp3) is 0.769. The lowest BCUT2D eigenvalue weighted by molar-refractivity contribution is 0.0429. The molecule has 1 aromatic heterocycles. The molecule has 0 radical (unpaired) electrons. The zero-order chi connectivity index (χ0) is 13.1. The highest BCUT2D eigenvalue weighted by Crippen LogP contribution is 2.27. The maximum Gasteiger partial charge on any atom is 0.0767 e. The first-order valence-electron chi connectivity index (χ1n) is 6.78. The van der Waals surface area contributed by atoms with Crippen molar-refractivity contribution < 1.29 is 5.11 Å². The molecule has 1 fully saturated rings. The second-order valence-electron chi connectivity index (χ2n) is 5.00. The Bertz CT molecular complexity index is 399. The van der Waals surface area contributed by atoms with Crippen LogP contribution in [0.3, 0.4) is 0 Å². The van der Waals surface area contributed by atoms with Crippen LogP contribution < -0.4 is 5.32 Å². The highest BCUT2D eigenvalue weighted by atomic mass is 79.9. The van der Waals surface area contributed by atoms with E-state index in [-0.39, 0.29) is 6.10 Å². The SMILES string of the molecule is CCc1nn(CC)c(CNCC2CC(O)C2)c1Br. The van der Waals surface area contributed by atoms with E-state index < -0.39 is 0 Å². The fourth-order valence-electron chi connectivity index (χ4n) is 2.45. The number of nitrogens with one attached hydrogen (secondary N) is 1. The quantitative estimate of drug-likeness (QED) is 0.845. The van der Waals surface area contributed by atoms with Crippen molar-refractivity contribution in [2.24, 2.45) is 5.92 Å². The van der Waals surface area contributed by atoms with Crippen LogP contribution in [0, 0.1) is 5.92 Å². The summed E-state index contributed by atoms with van der Waals surface area (Å²) in [5.74, 6) is 0.641. The molecule has 18 heavy (non-hydrogen) atoms. The van der Waals surface area contributed by atoms with Crippen molar-refractivity contribution >= 4 is 15.9 Å². The normalized spacial score (nSPS) is 23.1. The number of hydrogen-bond acceptors (Lipinski definition) is 3. The molecule has 0 aromatic carbocycles. The van der Waals surface area contributed by atoms with Crippen LogP contribution in [0.2, 0.25) is 0 Å². The summed E-state index contributed by atoms with van der Waals surface area (Å²) in [6.45, 7) is 6.97. The summed E-state index contributed by atoms with van der Waals surface area (Å²) in [5, 5.41) is 17.3. The number of aliphatic hydroxyl groups is 1. The monoisotopic (exact) mass is 315 g/mol. The summed E-state index contributed by atoms with van der Waals surface area (Å²) in [5.41, 5.74) is 2.36. The Kier molecular flexibility index (Phi) is 4.81. The molecular weight excluding hydrogens is 294 g/mol. The van der Waals surface area contributed by atoms with Crippen LogP contribution in [-0.4, -0.2) is 27.5 Å². The van der Waals surface area contributed by atoms with Gasteiger partial charge >= 0.3 is 0 Å². The van der Waals surface area contributed by atoms with Gasteiger partial charge in [-0.3, -0.25) is 4.68 Å². The predicted octanol–water partition coefficient (Wildman–Crippen LogP) is 2.09. The molecule has 0 saturated heterocycles. The van der Waals surface area contributed by atoms with Crippen molar-refractivity contribution in [3.05, 3.63) is 15.9 Å². The average Bonchev–Trinajstić information content (AvgIpc) is 2.63. The predicted molar refractivity (Wildman–Crippen MR) is 75.4 cm³/mol. The Morgan fingerprint density at radius 1 is 1.44 bits per heavy atom. The van der Waals surface area contributed by atoms with Crippen LogP contribution >= 0.6 is 15.9 Å². The van der Waals surface area contributed by atoms with Gasteiger partial charge in [-0.05, 0) is 54.6 Å². The zero-order valence-corrected chi connectivity index (χ0v) is 12.7. The molecule has 1 aromatic rings. The first-order valence-corrected chi connectivity index (χ1v) is 7.57. The molecule has 0 spiro atoms. The molecule has 1 aliphatic rings. The van der Waals surface area contributed by atoms with Gasteiger partial charge in [0.05, 0.1) is 22.0 Å². The van der Waals surface area contributed by atoms with Crippen LogP contribution in [0.15, 0.2) is 4.47 Å². The van der Waals surface area contributed by atoms with Crippen LogP contribution in [-0.2, 0) is 19.5 Å². The topological polar surface area (TPSA) is 50.1 Å². The summed E-state index contributed by atoms with van der Waals surface area (Å²) >= 11 is 3.65. The van der Waals surface area contributed by atoms with E-state index in [0.29, 0.717) is 5.92 Å². The van der Waals surface area contributed by atoms with Crippen molar-refractivity contribution in [3.8, 4) is 0 Å². The van der Waals surface area contributed by atoms with Crippen LogP contribution in [0.4, 0.5) is 0 Å². The molecule has 0 aliphatic heterocycles. The Balaban J connectivity index is 1.89. The van der Waals surface area contributed by atoms with E-state index in [2.05, 4.69) is 44.9 Å². The molecule has 0 unspecified atom stereocenters. The standard InChI is InChI=1S/C13H22BrN3O/c1-3-11-13(14)12(17(4-2)16-11)8-15-7-9-5-10(18)6-9/h9-10,15,18H,3-8H2,1-2H3. The lowest BCUT2D eigenvalue weighted by Crippen LogP contribution is -2.36. The molecular formula is C13H22BrN3O. The summed E-state index contributed by atoms with van der Waals surface area (Å²) < 4.78 is 3.21. The van der Waals surface area contributed by atoms with Crippen molar-refractivity contribution in [2.45, 2.75) is 52.3 Å². The highest BCUT2D eigenvalue weighted by molar-refractivity contribution is 9.10. The second-order valence-corrected chi connectivity index (χ2v) is 5.79. The molecule has 0 atom stereocenters. The molecule has 5 heteroatoms. The molecule has 2 rings (SSSR count). The minimum Gasteiger partial charge on any atom is -0.393 e. The van der Waals surface area contributed by atoms with Gasteiger partial charge in [-0.15, -0.1) is 0 Å². The average molecular weight is 316 g/mol. The fourth-order valence-corrected chi connectivity index (χ4v) is 3.15. The smallest absolute Gasteiger partial charge is 0.0767 e. The van der Waals surface area contributed by atoms with E-state index in [1.165, 1.54) is 5.69 Å². The molecule has 102 valence electrons. The van der Waals surface area contributed by atoms with E-state index >= 15 is 0 Å². The first kappa shape index (κ1) is 14.0. The number of nitrogens with zero attached hydrogens (tertiary/aromatic N) is 2. The van der Waals surface area contributed by atoms with Crippen molar-refractivity contribution in [3.63, 3.8) is 0 Å². The van der Waals surface area contributed by atoms with E-state index in [0.717, 1.165) is 49.1 Å². The number of hydrogen-bond donors (Lipinski definition) is 2. The van der Waals surface area contributed by atoms with Gasteiger partial charge in [0.1, 0.15) is 0 Å². The number of rotatable bonds is 6. The van der Waals surface area contributed by atoms with Crippen molar-refractivity contribution in [1.82, 2.24) is 15.1 Å². The van der Waals surface area contributed by atoms with Crippen molar-refractivity contribution in [1.29, 1.82) is 0 Å². The van der Waals surface area contributed by atoms with E-state index in [1.54, 1.807) is 0 Å².